The van der Waals surface area contributed by atoms with Gasteiger partial charge in [-0.25, -0.2) is 8.42 Å². The van der Waals surface area contributed by atoms with E-state index >= 15 is 0 Å². The standard InChI is InChI=1S/C18H16Cl2O5S/c1-12-2-5-14(6-3-12)26(23,24)9-8-18(22)25-11-17(21)15-7-4-13(19)10-16(15)20/h2-7,10H,8-9,11H2,1H3. The van der Waals surface area contributed by atoms with Crippen LogP contribution in [0.2, 0.25) is 10.0 Å². The molecule has 0 N–H and O–H groups in total. The SMILES string of the molecule is Cc1ccc(S(=O)(=O)CCC(=O)OCC(=O)c2ccc(Cl)cc2Cl)cc1. The van der Waals surface area contributed by atoms with Crippen molar-refractivity contribution >= 4 is 44.8 Å². The van der Waals surface area contributed by atoms with E-state index < -0.39 is 33.9 Å². The van der Waals surface area contributed by atoms with Crippen molar-refractivity contribution in [1.82, 2.24) is 0 Å². The summed E-state index contributed by atoms with van der Waals surface area (Å²) in [5.74, 6) is -1.68. The molecule has 2 aromatic rings. The van der Waals surface area contributed by atoms with E-state index in [0.717, 1.165) is 5.56 Å². The molecule has 2 rings (SSSR count). The summed E-state index contributed by atoms with van der Waals surface area (Å²) in [5.41, 5.74) is 1.11. The number of hydrogen-bond donors (Lipinski definition) is 0. The maximum Gasteiger partial charge on any atom is 0.307 e. The fourth-order valence-electron chi connectivity index (χ4n) is 2.09. The zero-order chi connectivity index (χ0) is 19.3. The summed E-state index contributed by atoms with van der Waals surface area (Å²) in [6.07, 6.45) is -0.349. The van der Waals surface area contributed by atoms with Gasteiger partial charge in [0.25, 0.3) is 0 Å². The van der Waals surface area contributed by atoms with Crippen LogP contribution < -0.4 is 0 Å². The molecule has 0 aromatic heterocycles. The first-order chi connectivity index (χ1) is 12.2. The van der Waals surface area contributed by atoms with E-state index in [1.54, 1.807) is 12.1 Å². The predicted octanol–water partition coefficient (Wildman–Crippen LogP) is 3.89. The summed E-state index contributed by atoms with van der Waals surface area (Å²) < 4.78 is 29.2. The van der Waals surface area contributed by atoms with E-state index in [-0.39, 0.29) is 21.9 Å². The number of Topliss-reactive ketones (excluding diaryl/α,β-unsaturated/α-hetero) is 1. The van der Waals surface area contributed by atoms with Gasteiger partial charge in [-0.05, 0) is 37.3 Å². The molecule has 0 bridgehead atoms. The van der Waals surface area contributed by atoms with Gasteiger partial charge < -0.3 is 4.74 Å². The summed E-state index contributed by atoms with van der Waals surface area (Å²) in [5, 5.41) is 0.533. The molecule has 0 saturated carbocycles. The van der Waals surface area contributed by atoms with Crippen LogP contribution in [0.4, 0.5) is 0 Å². The quantitative estimate of drug-likeness (QED) is 0.507. The molecule has 0 radical (unpaired) electrons. The van der Waals surface area contributed by atoms with Crippen LogP contribution in [0.5, 0.6) is 0 Å². The van der Waals surface area contributed by atoms with Crippen molar-refractivity contribution in [3.8, 4) is 0 Å². The number of hydrogen-bond acceptors (Lipinski definition) is 5. The van der Waals surface area contributed by atoms with Crippen LogP contribution in [0.15, 0.2) is 47.4 Å². The number of rotatable bonds is 7. The van der Waals surface area contributed by atoms with Gasteiger partial charge in [0.05, 0.1) is 22.1 Å². The lowest BCUT2D eigenvalue weighted by Gasteiger charge is -2.07. The minimum Gasteiger partial charge on any atom is -0.457 e. The van der Waals surface area contributed by atoms with E-state index in [2.05, 4.69) is 0 Å². The summed E-state index contributed by atoms with van der Waals surface area (Å²) in [6.45, 7) is 1.32. The highest BCUT2D eigenvalue weighted by Gasteiger charge is 2.18. The summed E-state index contributed by atoms with van der Waals surface area (Å²) >= 11 is 11.7. The molecule has 26 heavy (non-hydrogen) atoms. The molecule has 138 valence electrons. The van der Waals surface area contributed by atoms with Crippen molar-refractivity contribution in [2.45, 2.75) is 18.2 Å². The number of aryl methyl sites for hydroxylation is 1. The van der Waals surface area contributed by atoms with Gasteiger partial charge in [-0.3, -0.25) is 9.59 Å². The zero-order valence-corrected chi connectivity index (χ0v) is 16.2. The van der Waals surface area contributed by atoms with Gasteiger partial charge >= 0.3 is 5.97 Å². The number of halogens is 2. The highest BCUT2D eigenvalue weighted by molar-refractivity contribution is 7.91. The van der Waals surface area contributed by atoms with Crippen molar-refractivity contribution in [2.24, 2.45) is 0 Å². The number of ether oxygens (including phenoxy) is 1. The molecular formula is C18H16Cl2O5S. The number of sulfone groups is 1. The normalized spacial score (nSPS) is 11.2. The zero-order valence-electron chi connectivity index (χ0n) is 13.9. The fraction of sp³-hybridized carbons (Fsp3) is 0.222. The predicted molar refractivity (Wildman–Crippen MR) is 99.6 cm³/mol. The van der Waals surface area contributed by atoms with Crippen molar-refractivity contribution < 1.29 is 22.7 Å². The maximum atomic E-state index is 12.2. The van der Waals surface area contributed by atoms with Gasteiger partial charge in [0.15, 0.2) is 16.4 Å². The van der Waals surface area contributed by atoms with Crippen molar-refractivity contribution in [3.05, 3.63) is 63.6 Å². The Labute approximate surface area is 161 Å². The Morgan fingerprint density at radius 2 is 1.69 bits per heavy atom. The first-order valence-corrected chi connectivity index (χ1v) is 10.0. The molecule has 0 saturated heterocycles. The fourth-order valence-corrected chi connectivity index (χ4v) is 3.83. The molecule has 0 spiro atoms. The minimum absolute atomic E-state index is 0.139. The molecular weight excluding hydrogens is 399 g/mol. The van der Waals surface area contributed by atoms with Crippen LogP contribution in [0.3, 0.4) is 0 Å². The van der Waals surface area contributed by atoms with E-state index in [1.807, 2.05) is 6.92 Å². The number of esters is 1. The molecule has 2 aromatic carbocycles. The third kappa shape index (κ3) is 5.56. The van der Waals surface area contributed by atoms with Crippen LogP contribution in [0.1, 0.15) is 22.3 Å². The van der Waals surface area contributed by atoms with E-state index in [9.17, 15) is 18.0 Å². The van der Waals surface area contributed by atoms with Gasteiger partial charge in [-0.1, -0.05) is 40.9 Å². The number of carbonyl (C=O) groups excluding carboxylic acids is 2. The molecule has 0 aliphatic carbocycles. The Morgan fingerprint density at radius 1 is 1.04 bits per heavy atom. The van der Waals surface area contributed by atoms with Crippen LogP contribution in [-0.2, 0) is 19.4 Å². The average molecular weight is 415 g/mol. The number of benzene rings is 2. The van der Waals surface area contributed by atoms with Gasteiger partial charge in [0.2, 0.25) is 5.78 Å². The second kappa shape index (κ2) is 8.66. The Morgan fingerprint density at radius 3 is 2.31 bits per heavy atom. The van der Waals surface area contributed by atoms with Crippen LogP contribution >= 0.6 is 23.2 Å². The number of carbonyl (C=O) groups is 2. The summed E-state index contributed by atoms with van der Waals surface area (Å²) in [7, 11) is -3.60. The Kier molecular flexibility index (Phi) is 6.81. The molecule has 8 heteroatoms. The molecule has 0 fully saturated rings. The van der Waals surface area contributed by atoms with Gasteiger partial charge in [0, 0.05) is 10.6 Å². The third-order valence-electron chi connectivity index (χ3n) is 3.55. The molecule has 0 aliphatic rings. The molecule has 0 aliphatic heterocycles. The first-order valence-electron chi connectivity index (χ1n) is 7.62. The lowest BCUT2D eigenvalue weighted by molar-refractivity contribution is -0.142. The van der Waals surface area contributed by atoms with Gasteiger partial charge in [0.1, 0.15) is 0 Å². The monoisotopic (exact) mass is 414 g/mol. The highest BCUT2D eigenvalue weighted by Crippen LogP contribution is 2.21. The van der Waals surface area contributed by atoms with Crippen LogP contribution in [0.25, 0.3) is 0 Å². The second-order valence-electron chi connectivity index (χ2n) is 5.59. The first kappa shape index (κ1) is 20.4. The van der Waals surface area contributed by atoms with Crippen molar-refractivity contribution in [1.29, 1.82) is 0 Å². The molecule has 0 unspecified atom stereocenters. The van der Waals surface area contributed by atoms with Gasteiger partial charge in [-0.2, -0.15) is 0 Å². The van der Waals surface area contributed by atoms with Crippen molar-refractivity contribution in [2.75, 3.05) is 12.4 Å². The molecule has 0 amide bonds. The second-order valence-corrected chi connectivity index (χ2v) is 8.54. The van der Waals surface area contributed by atoms with E-state index in [1.165, 1.54) is 30.3 Å². The lowest BCUT2D eigenvalue weighted by Crippen LogP contribution is -2.17. The van der Waals surface area contributed by atoms with E-state index in [4.69, 9.17) is 27.9 Å². The van der Waals surface area contributed by atoms with E-state index in [0.29, 0.717) is 5.02 Å². The Hall–Kier alpha value is -1.89. The Bertz CT molecular complexity index is 921. The van der Waals surface area contributed by atoms with Crippen molar-refractivity contribution in [3.63, 3.8) is 0 Å². The largest absolute Gasteiger partial charge is 0.457 e. The number of ketones is 1. The topological polar surface area (TPSA) is 77.5 Å². The molecule has 5 nitrogen and oxygen atoms in total. The third-order valence-corrected chi connectivity index (χ3v) is 5.83. The smallest absolute Gasteiger partial charge is 0.307 e. The van der Waals surface area contributed by atoms with Crippen LogP contribution in [0, 0.1) is 6.92 Å². The molecule has 0 atom stereocenters. The lowest BCUT2D eigenvalue weighted by atomic mass is 10.1. The summed E-state index contributed by atoms with van der Waals surface area (Å²) in [6, 6.07) is 10.7. The average Bonchev–Trinajstić information content (AvgIpc) is 2.58. The van der Waals surface area contributed by atoms with Crippen LogP contribution in [-0.4, -0.2) is 32.5 Å². The minimum atomic E-state index is -3.60. The Balaban J connectivity index is 1.88. The highest BCUT2D eigenvalue weighted by atomic mass is 35.5. The maximum absolute atomic E-state index is 12.2. The summed E-state index contributed by atoms with van der Waals surface area (Å²) in [4.78, 5) is 23.9. The van der Waals surface area contributed by atoms with Gasteiger partial charge in [-0.15, -0.1) is 0 Å². The molecule has 0 heterocycles.